The van der Waals surface area contributed by atoms with Crippen molar-refractivity contribution in [2.75, 3.05) is 12.0 Å². The van der Waals surface area contributed by atoms with Crippen molar-refractivity contribution in [1.82, 2.24) is 0 Å². The van der Waals surface area contributed by atoms with Crippen molar-refractivity contribution in [3.8, 4) is 0 Å². The van der Waals surface area contributed by atoms with Gasteiger partial charge in [-0.1, -0.05) is 11.6 Å². The van der Waals surface area contributed by atoms with Crippen LogP contribution in [-0.4, -0.2) is 23.1 Å². The van der Waals surface area contributed by atoms with E-state index in [1.165, 1.54) is 12.1 Å². The normalized spacial score (nSPS) is 8.89. The van der Waals surface area contributed by atoms with E-state index in [-0.39, 0.29) is 10.6 Å². The van der Waals surface area contributed by atoms with Gasteiger partial charge in [0.25, 0.3) is 0 Å². The summed E-state index contributed by atoms with van der Waals surface area (Å²) in [5.41, 5.74) is 2.13. The molecule has 0 heterocycles. The van der Waals surface area contributed by atoms with Crippen LogP contribution in [0.5, 0.6) is 0 Å². The van der Waals surface area contributed by atoms with Crippen molar-refractivity contribution >= 4 is 40.3 Å². The number of benzene rings is 1. The van der Waals surface area contributed by atoms with Crippen molar-refractivity contribution in [3.05, 3.63) is 28.8 Å². The largest absolute Gasteiger partial charge is 0.478 e. The first-order chi connectivity index (χ1) is 8.42. The summed E-state index contributed by atoms with van der Waals surface area (Å²) in [6.45, 7) is 2.04. The second-order valence-corrected chi connectivity index (χ2v) is 3.53. The topological polar surface area (TPSA) is 102 Å². The molecule has 18 heavy (non-hydrogen) atoms. The second-order valence-electron chi connectivity index (χ2n) is 2.81. The maximum absolute atomic E-state index is 10.5. The Labute approximate surface area is 114 Å². The van der Waals surface area contributed by atoms with Gasteiger partial charge in [-0.15, -0.1) is 0 Å². The van der Waals surface area contributed by atoms with Gasteiger partial charge in [-0.05, 0) is 25.1 Å². The fraction of sp³-hybridized carbons (Fsp3) is 0.200. The van der Waals surface area contributed by atoms with Crippen LogP contribution in [0.25, 0.3) is 0 Å². The third kappa shape index (κ3) is 6.29. The Hall–Kier alpha value is -1.50. The number of hydrogen-bond donors (Lipinski definition) is 3. The zero-order valence-corrected chi connectivity index (χ0v) is 11.0. The molecule has 0 aromatic heterocycles. The maximum Gasteiger partial charge on any atom is 0.403 e. The monoisotopic (exact) mass is 294 g/mol. The van der Waals surface area contributed by atoms with Crippen LogP contribution in [0.2, 0.25) is 5.02 Å². The molecule has 0 unspecified atom stereocenters. The number of nitrogens with one attached hydrogen (secondary N) is 1. The second kappa shape index (κ2) is 8.57. The van der Waals surface area contributed by atoms with E-state index in [1.807, 2.05) is 0 Å². The Morgan fingerprint density at radius 1 is 1.50 bits per heavy atom. The minimum Gasteiger partial charge on any atom is -0.478 e. The molecule has 0 fully saturated rings. The van der Waals surface area contributed by atoms with Crippen LogP contribution in [0, 0.1) is 0 Å². The van der Waals surface area contributed by atoms with E-state index in [0.717, 1.165) is 0 Å². The average molecular weight is 295 g/mol. The van der Waals surface area contributed by atoms with Crippen molar-refractivity contribution in [2.45, 2.75) is 6.92 Å². The minimum atomic E-state index is -1.07. The Morgan fingerprint density at radius 2 is 2.11 bits per heavy atom. The standard InChI is InChI=1S/C7H7ClN2O2.C3H5ClO2/c8-6-2-1-4(10-9)3-5(6)7(11)12;1-2-6-3(4)5/h1-3,10H,9H2,(H,11,12);2H2,1H3. The number of rotatable bonds is 3. The molecule has 0 amide bonds. The molecular weight excluding hydrogens is 283 g/mol. The summed E-state index contributed by atoms with van der Waals surface area (Å²) in [5, 5.41) is 8.83. The van der Waals surface area contributed by atoms with Crippen molar-refractivity contribution in [1.29, 1.82) is 0 Å². The molecule has 1 aromatic rings. The summed E-state index contributed by atoms with van der Waals surface area (Å²) in [5.74, 6) is 4.01. The molecule has 100 valence electrons. The zero-order chi connectivity index (χ0) is 14.1. The summed E-state index contributed by atoms with van der Waals surface area (Å²) in [4.78, 5) is 20.1. The van der Waals surface area contributed by atoms with E-state index in [0.29, 0.717) is 12.3 Å². The zero-order valence-electron chi connectivity index (χ0n) is 9.44. The van der Waals surface area contributed by atoms with E-state index in [1.54, 1.807) is 13.0 Å². The number of ether oxygens (including phenoxy) is 1. The van der Waals surface area contributed by atoms with Gasteiger partial charge >= 0.3 is 11.4 Å². The quantitative estimate of drug-likeness (QED) is 0.450. The number of anilines is 1. The molecule has 1 rings (SSSR count). The first kappa shape index (κ1) is 16.5. The molecule has 0 radical (unpaired) electrons. The third-order valence-corrected chi connectivity index (χ3v) is 2.06. The molecule has 4 N–H and O–H groups in total. The first-order valence-corrected chi connectivity index (χ1v) is 5.49. The number of carbonyl (C=O) groups is 2. The highest BCUT2D eigenvalue weighted by Gasteiger charge is 2.08. The molecule has 8 heteroatoms. The Balaban J connectivity index is 0.000000411. The van der Waals surface area contributed by atoms with Crippen LogP contribution in [-0.2, 0) is 4.74 Å². The number of carbonyl (C=O) groups excluding carboxylic acids is 1. The minimum absolute atomic E-state index is 0.0344. The number of nitrogen functional groups attached to an aromatic ring is 1. The Morgan fingerprint density at radius 3 is 2.44 bits per heavy atom. The molecular formula is C10H12Cl2N2O4. The predicted octanol–water partition coefficient (Wildman–Crippen LogP) is 2.71. The van der Waals surface area contributed by atoms with Gasteiger partial charge in [0, 0.05) is 17.3 Å². The Kier molecular flexibility index (Phi) is 7.86. The van der Waals surface area contributed by atoms with Crippen LogP contribution in [0.3, 0.4) is 0 Å². The van der Waals surface area contributed by atoms with Crippen molar-refractivity contribution < 1.29 is 19.4 Å². The van der Waals surface area contributed by atoms with E-state index in [2.05, 4.69) is 10.2 Å². The molecule has 0 saturated carbocycles. The summed E-state index contributed by atoms with van der Waals surface area (Å²) in [6, 6.07) is 4.43. The van der Waals surface area contributed by atoms with Gasteiger partial charge in [-0.25, -0.2) is 9.59 Å². The summed E-state index contributed by atoms with van der Waals surface area (Å²) in [6.07, 6.45) is 0. The number of halogens is 2. The number of aromatic carboxylic acids is 1. The number of hydrazine groups is 1. The lowest BCUT2D eigenvalue weighted by Crippen LogP contribution is -2.08. The molecule has 0 aliphatic rings. The molecule has 1 aromatic carbocycles. The van der Waals surface area contributed by atoms with Crippen LogP contribution in [0.1, 0.15) is 17.3 Å². The van der Waals surface area contributed by atoms with Gasteiger partial charge < -0.3 is 15.3 Å². The number of carboxylic acid groups (broad SMARTS) is 1. The van der Waals surface area contributed by atoms with Gasteiger partial charge in [-0.2, -0.15) is 0 Å². The molecule has 0 spiro atoms. The molecule has 0 aliphatic heterocycles. The highest BCUT2D eigenvalue weighted by atomic mass is 35.5. The predicted molar refractivity (Wildman–Crippen MR) is 69.1 cm³/mol. The fourth-order valence-electron chi connectivity index (χ4n) is 0.892. The molecule has 6 nitrogen and oxygen atoms in total. The highest BCUT2D eigenvalue weighted by Crippen LogP contribution is 2.19. The van der Waals surface area contributed by atoms with Gasteiger partial charge in [0.15, 0.2) is 0 Å². The van der Waals surface area contributed by atoms with Crippen molar-refractivity contribution in [2.24, 2.45) is 5.84 Å². The first-order valence-electron chi connectivity index (χ1n) is 4.74. The molecule has 0 saturated heterocycles. The number of nitrogens with two attached hydrogens (primary N) is 1. The average Bonchev–Trinajstić information content (AvgIpc) is 2.30. The number of carboxylic acids is 1. The van der Waals surface area contributed by atoms with E-state index in [4.69, 9.17) is 34.2 Å². The van der Waals surface area contributed by atoms with Crippen LogP contribution in [0.4, 0.5) is 10.5 Å². The van der Waals surface area contributed by atoms with Gasteiger partial charge in [0.2, 0.25) is 0 Å². The third-order valence-electron chi connectivity index (χ3n) is 1.62. The van der Waals surface area contributed by atoms with Gasteiger partial charge in [-0.3, -0.25) is 5.84 Å². The lowest BCUT2D eigenvalue weighted by atomic mass is 10.2. The van der Waals surface area contributed by atoms with E-state index < -0.39 is 11.4 Å². The lowest BCUT2D eigenvalue weighted by Gasteiger charge is -2.02. The fourth-order valence-corrected chi connectivity index (χ4v) is 1.20. The molecule has 0 atom stereocenters. The van der Waals surface area contributed by atoms with Gasteiger partial charge in [0.05, 0.1) is 17.2 Å². The summed E-state index contributed by atoms with van der Waals surface area (Å²) >= 11 is 10.3. The van der Waals surface area contributed by atoms with Gasteiger partial charge in [0.1, 0.15) is 0 Å². The van der Waals surface area contributed by atoms with Crippen LogP contribution < -0.4 is 11.3 Å². The number of hydrogen-bond acceptors (Lipinski definition) is 5. The highest BCUT2D eigenvalue weighted by molar-refractivity contribution is 6.61. The lowest BCUT2D eigenvalue weighted by molar-refractivity contribution is 0.0697. The molecule has 0 bridgehead atoms. The Bertz CT molecular complexity index is 426. The smallest absolute Gasteiger partial charge is 0.403 e. The molecule has 0 aliphatic carbocycles. The SMILES string of the molecule is CCOC(=O)Cl.NNc1ccc(Cl)c(C(=O)O)c1. The van der Waals surface area contributed by atoms with E-state index >= 15 is 0 Å². The van der Waals surface area contributed by atoms with E-state index in [9.17, 15) is 9.59 Å². The maximum atomic E-state index is 10.5. The summed E-state index contributed by atoms with van der Waals surface area (Å²) in [7, 11) is 0. The van der Waals surface area contributed by atoms with Crippen LogP contribution >= 0.6 is 23.2 Å². The summed E-state index contributed by atoms with van der Waals surface area (Å²) < 4.78 is 4.17. The van der Waals surface area contributed by atoms with Crippen LogP contribution in [0.15, 0.2) is 18.2 Å². The van der Waals surface area contributed by atoms with Crippen molar-refractivity contribution in [3.63, 3.8) is 0 Å².